The first-order chi connectivity index (χ1) is 8.66. The molecule has 2 aliphatic rings. The van der Waals surface area contributed by atoms with Gasteiger partial charge in [-0.2, -0.15) is 0 Å². The Bertz CT molecular complexity index is 235. The van der Waals surface area contributed by atoms with Crippen molar-refractivity contribution in [3.05, 3.63) is 0 Å². The molecule has 0 spiro atoms. The van der Waals surface area contributed by atoms with Crippen LogP contribution in [0.4, 0.5) is 0 Å². The van der Waals surface area contributed by atoms with Crippen molar-refractivity contribution >= 4 is 0 Å². The van der Waals surface area contributed by atoms with Gasteiger partial charge in [0.05, 0.1) is 12.2 Å². The highest BCUT2D eigenvalue weighted by Crippen LogP contribution is 2.18. The number of nitrogens with zero attached hydrogens (tertiary/aromatic N) is 1. The van der Waals surface area contributed by atoms with E-state index in [1.165, 1.54) is 45.1 Å². The van der Waals surface area contributed by atoms with Crippen LogP contribution in [0, 0.1) is 0 Å². The number of nitrogens with one attached hydrogen (secondary N) is 1. The fraction of sp³-hybridized carbons (Fsp3) is 1.00. The molecule has 3 heteroatoms. The van der Waals surface area contributed by atoms with Gasteiger partial charge in [0.15, 0.2) is 0 Å². The van der Waals surface area contributed by atoms with E-state index in [4.69, 9.17) is 4.74 Å². The second-order valence-electron chi connectivity index (χ2n) is 6.53. The lowest BCUT2D eigenvalue weighted by Gasteiger charge is -2.38. The predicted molar refractivity (Wildman–Crippen MR) is 76.0 cm³/mol. The van der Waals surface area contributed by atoms with Crippen LogP contribution < -0.4 is 5.32 Å². The molecule has 0 unspecified atom stereocenters. The first-order valence-electron chi connectivity index (χ1n) is 7.75. The van der Waals surface area contributed by atoms with E-state index < -0.39 is 0 Å². The van der Waals surface area contributed by atoms with Gasteiger partial charge in [-0.3, -0.25) is 4.90 Å². The average molecular weight is 254 g/mol. The summed E-state index contributed by atoms with van der Waals surface area (Å²) in [4.78, 5) is 2.53. The van der Waals surface area contributed by atoms with Crippen molar-refractivity contribution in [2.45, 2.75) is 64.0 Å². The van der Waals surface area contributed by atoms with Crippen molar-refractivity contribution in [1.29, 1.82) is 0 Å². The summed E-state index contributed by atoms with van der Waals surface area (Å²) < 4.78 is 5.75. The zero-order valence-electron chi connectivity index (χ0n) is 12.2. The van der Waals surface area contributed by atoms with Gasteiger partial charge in [0, 0.05) is 32.2 Å². The second-order valence-corrected chi connectivity index (χ2v) is 6.53. The summed E-state index contributed by atoms with van der Waals surface area (Å²) in [5, 5.41) is 3.75. The lowest BCUT2D eigenvalue weighted by atomic mass is 10.1. The van der Waals surface area contributed by atoms with Gasteiger partial charge in [0.2, 0.25) is 0 Å². The SMILES string of the molecule is CC1(C)CN(CCNC2CCCCCC2)CCO1. The molecule has 0 radical (unpaired) electrons. The van der Waals surface area contributed by atoms with Crippen molar-refractivity contribution in [1.82, 2.24) is 10.2 Å². The molecule has 1 heterocycles. The molecule has 1 aliphatic carbocycles. The van der Waals surface area contributed by atoms with Gasteiger partial charge in [-0.1, -0.05) is 25.7 Å². The van der Waals surface area contributed by atoms with Gasteiger partial charge in [-0.25, -0.2) is 0 Å². The normalized spacial score (nSPS) is 27.0. The van der Waals surface area contributed by atoms with Gasteiger partial charge in [0.1, 0.15) is 0 Å². The van der Waals surface area contributed by atoms with E-state index in [1.807, 2.05) is 0 Å². The number of hydrogen-bond donors (Lipinski definition) is 1. The van der Waals surface area contributed by atoms with Crippen molar-refractivity contribution in [3.63, 3.8) is 0 Å². The van der Waals surface area contributed by atoms with Crippen LogP contribution in [0.25, 0.3) is 0 Å². The van der Waals surface area contributed by atoms with Gasteiger partial charge >= 0.3 is 0 Å². The highest BCUT2D eigenvalue weighted by Gasteiger charge is 2.26. The van der Waals surface area contributed by atoms with Gasteiger partial charge in [-0.05, 0) is 26.7 Å². The highest BCUT2D eigenvalue weighted by molar-refractivity contribution is 4.80. The standard InChI is InChI=1S/C15H30N2O/c1-15(2)13-17(11-12-18-15)10-9-16-14-7-5-3-4-6-8-14/h14,16H,3-13H2,1-2H3. The van der Waals surface area contributed by atoms with Crippen LogP contribution >= 0.6 is 0 Å². The van der Waals surface area contributed by atoms with E-state index in [-0.39, 0.29) is 5.60 Å². The Hall–Kier alpha value is -0.120. The summed E-state index contributed by atoms with van der Waals surface area (Å²) in [7, 11) is 0. The van der Waals surface area contributed by atoms with E-state index in [0.29, 0.717) is 0 Å². The fourth-order valence-electron chi connectivity index (χ4n) is 3.22. The lowest BCUT2D eigenvalue weighted by molar-refractivity contribution is -0.0855. The fourth-order valence-corrected chi connectivity index (χ4v) is 3.22. The van der Waals surface area contributed by atoms with Crippen LogP contribution in [0.15, 0.2) is 0 Å². The molecule has 0 amide bonds. The van der Waals surface area contributed by atoms with E-state index in [9.17, 15) is 0 Å². The zero-order valence-corrected chi connectivity index (χ0v) is 12.2. The van der Waals surface area contributed by atoms with Crippen molar-refractivity contribution < 1.29 is 4.74 Å². The molecule has 0 aromatic heterocycles. The first kappa shape index (κ1) is 14.3. The minimum atomic E-state index is 0.0422. The number of ether oxygens (including phenoxy) is 1. The number of morpholine rings is 1. The summed E-state index contributed by atoms with van der Waals surface area (Å²) in [6, 6.07) is 0.779. The Morgan fingerprint density at radius 2 is 1.89 bits per heavy atom. The van der Waals surface area contributed by atoms with E-state index >= 15 is 0 Å². The topological polar surface area (TPSA) is 24.5 Å². The van der Waals surface area contributed by atoms with Crippen LogP contribution in [-0.2, 0) is 4.74 Å². The minimum Gasteiger partial charge on any atom is -0.373 e. The molecule has 0 aromatic carbocycles. The third-order valence-electron chi connectivity index (χ3n) is 4.22. The largest absolute Gasteiger partial charge is 0.373 e. The predicted octanol–water partition coefficient (Wildman–Crippen LogP) is 2.41. The Labute approximate surface area is 112 Å². The number of rotatable bonds is 4. The molecule has 1 saturated carbocycles. The second kappa shape index (κ2) is 6.88. The molecule has 1 aliphatic heterocycles. The summed E-state index contributed by atoms with van der Waals surface area (Å²) in [5.41, 5.74) is 0.0422. The summed E-state index contributed by atoms with van der Waals surface area (Å²) in [6.45, 7) is 9.74. The molecular weight excluding hydrogens is 224 g/mol. The molecule has 18 heavy (non-hydrogen) atoms. The van der Waals surface area contributed by atoms with Crippen molar-refractivity contribution in [3.8, 4) is 0 Å². The highest BCUT2D eigenvalue weighted by atomic mass is 16.5. The zero-order chi connectivity index (χ0) is 12.8. The number of hydrogen-bond acceptors (Lipinski definition) is 3. The Balaban J connectivity index is 1.62. The summed E-state index contributed by atoms with van der Waals surface area (Å²) in [6.07, 6.45) is 8.49. The lowest BCUT2D eigenvalue weighted by Crippen LogP contribution is -2.50. The van der Waals surface area contributed by atoms with Gasteiger partial charge in [-0.15, -0.1) is 0 Å². The molecule has 0 bridgehead atoms. The van der Waals surface area contributed by atoms with Crippen molar-refractivity contribution in [2.24, 2.45) is 0 Å². The molecular formula is C15H30N2O. The molecule has 0 atom stereocenters. The van der Waals surface area contributed by atoms with Crippen LogP contribution in [0.3, 0.4) is 0 Å². The van der Waals surface area contributed by atoms with Crippen LogP contribution in [0.1, 0.15) is 52.4 Å². The molecule has 2 rings (SSSR count). The van der Waals surface area contributed by atoms with Crippen molar-refractivity contribution in [2.75, 3.05) is 32.8 Å². The molecule has 106 valence electrons. The van der Waals surface area contributed by atoms with Crippen LogP contribution in [-0.4, -0.2) is 49.3 Å². The molecule has 2 fully saturated rings. The van der Waals surface area contributed by atoms with Gasteiger partial charge in [0.25, 0.3) is 0 Å². The molecule has 3 nitrogen and oxygen atoms in total. The first-order valence-corrected chi connectivity index (χ1v) is 7.75. The summed E-state index contributed by atoms with van der Waals surface area (Å²) >= 11 is 0. The third kappa shape index (κ3) is 4.87. The molecule has 1 saturated heterocycles. The van der Waals surface area contributed by atoms with E-state index in [0.717, 1.165) is 32.3 Å². The Kier molecular flexibility index (Phi) is 5.46. The maximum absolute atomic E-state index is 5.75. The third-order valence-corrected chi connectivity index (χ3v) is 4.22. The van der Waals surface area contributed by atoms with E-state index in [2.05, 4.69) is 24.1 Å². The maximum atomic E-state index is 5.75. The average Bonchev–Trinajstić information content (AvgIpc) is 2.56. The monoisotopic (exact) mass is 254 g/mol. The Morgan fingerprint density at radius 1 is 1.17 bits per heavy atom. The quantitative estimate of drug-likeness (QED) is 0.780. The summed E-state index contributed by atoms with van der Waals surface area (Å²) in [5.74, 6) is 0. The Morgan fingerprint density at radius 3 is 2.56 bits per heavy atom. The van der Waals surface area contributed by atoms with Gasteiger partial charge < -0.3 is 10.1 Å². The van der Waals surface area contributed by atoms with Crippen LogP contribution in [0.5, 0.6) is 0 Å². The van der Waals surface area contributed by atoms with E-state index in [1.54, 1.807) is 0 Å². The molecule has 0 aromatic rings. The smallest absolute Gasteiger partial charge is 0.0753 e. The van der Waals surface area contributed by atoms with Crippen LogP contribution in [0.2, 0.25) is 0 Å². The maximum Gasteiger partial charge on any atom is 0.0753 e. The minimum absolute atomic E-state index is 0.0422. The molecule has 1 N–H and O–H groups in total.